The van der Waals surface area contributed by atoms with Gasteiger partial charge in [-0.2, -0.15) is 0 Å². The summed E-state index contributed by atoms with van der Waals surface area (Å²) in [6.07, 6.45) is 1.59. The van der Waals surface area contributed by atoms with Gasteiger partial charge in [-0.05, 0) is 19.8 Å². The summed E-state index contributed by atoms with van der Waals surface area (Å²) >= 11 is 0. The summed E-state index contributed by atoms with van der Waals surface area (Å²) in [5, 5.41) is 0. The molecule has 4 nitrogen and oxygen atoms in total. The van der Waals surface area contributed by atoms with E-state index in [1.165, 1.54) is 0 Å². The normalized spacial score (nSPS) is 26.3. The van der Waals surface area contributed by atoms with E-state index in [9.17, 15) is 4.79 Å². The number of likely N-dealkylation sites (tertiary alicyclic amines) is 1. The monoisotopic (exact) mass is 200 g/mol. The van der Waals surface area contributed by atoms with Crippen LogP contribution in [-0.4, -0.2) is 42.6 Å². The predicted octanol–water partition coefficient (Wildman–Crippen LogP) is 0.361. The molecular weight excluding hydrogens is 180 g/mol. The Balaban J connectivity index is 2.64. The lowest BCUT2D eigenvalue weighted by Crippen LogP contribution is -2.47. The fourth-order valence-corrected chi connectivity index (χ4v) is 1.69. The second-order valence-electron chi connectivity index (χ2n) is 4.09. The molecule has 4 heteroatoms. The van der Waals surface area contributed by atoms with Crippen LogP contribution in [-0.2, 0) is 9.53 Å². The number of methoxy groups -OCH3 is 1. The van der Waals surface area contributed by atoms with Crippen LogP contribution in [0.25, 0.3) is 0 Å². The van der Waals surface area contributed by atoms with E-state index in [1.807, 2.05) is 13.8 Å². The van der Waals surface area contributed by atoms with Crippen LogP contribution in [0.2, 0.25) is 0 Å². The summed E-state index contributed by atoms with van der Waals surface area (Å²) in [6, 6.07) is 0.136. The van der Waals surface area contributed by atoms with Gasteiger partial charge in [-0.15, -0.1) is 0 Å². The molecule has 1 amide bonds. The molecule has 0 spiro atoms. The van der Waals surface area contributed by atoms with Gasteiger partial charge >= 0.3 is 0 Å². The summed E-state index contributed by atoms with van der Waals surface area (Å²) in [5.41, 5.74) is 5.08. The standard InChI is InChI=1S/C10H20N2O2/c1-4-10(2,14-3)9(13)12-6-5-8(11)7-12/h8H,4-7,11H2,1-3H3. The van der Waals surface area contributed by atoms with Gasteiger partial charge in [0.25, 0.3) is 5.91 Å². The number of nitrogens with zero attached hydrogens (tertiary/aromatic N) is 1. The van der Waals surface area contributed by atoms with Gasteiger partial charge in [0.15, 0.2) is 0 Å². The minimum atomic E-state index is -0.677. The van der Waals surface area contributed by atoms with Gasteiger partial charge in [-0.1, -0.05) is 6.92 Å². The maximum absolute atomic E-state index is 12.0. The maximum Gasteiger partial charge on any atom is 0.254 e. The van der Waals surface area contributed by atoms with Gasteiger partial charge < -0.3 is 15.4 Å². The van der Waals surface area contributed by atoms with Crippen molar-refractivity contribution in [3.8, 4) is 0 Å². The fraction of sp³-hybridized carbons (Fsp3) is 0.900. The molecular formula is C10H20N2O2. The zero-order valence-corrected chi connectivity index (χ0v) is 9.25. The molecule has 1 rings (SSSR count). The summed E-state index contributed by atoms with van der Waals surface area (Å²) in [5.74, 6) is 0.0652. The van der Waals surface area contributed by atoms with Crippen molar-refractivity contribution < 1.29 is 9.53 Å². The SMILES string of the molecule is CCC(C)(OC)C(=O)N1CCC(N)C1. The Morgan fingerprint density at radius 1 is 1.71 bits per heavy atom. The summed E-state index contributed by atoms with van der Waals surface area (Å²) in [6.45, 7) is 5.22. The van der Waals surface area contributed by atoms with E-state index in [2.05, 4.69) is 0 Å². The number of hydrogen-bond acceptors (Lipinski definition) is 3. The molecule has 1 aliphatic rings. The van der Waals surface area contributed by atoms with E-state index < -0.39 is 5.60 Å². The van der Waals surface area contributed by atoms with Crippen LogP contribution in [0.4, 0.5) is 0 Å². The quantitative estimate of drug-likeness (QED) is 0.715. The van der Waals surface area contributed by atoms with Gasteiger partial charge in [0, 0.05) is 26.2 Å². The smallest absolute Gasteiger partial charge is 0.254 e. The third-order valence-corrected chi connectivity index (χ3v) is 3.09. The molecule has 1 aliphatic heterocycles. The third-order valence-electron chi connectivity index (χ3n) is 3.09. The molecule has 14 heavy (non-hydrogen) atoms. The van der Waals surface area contributed by atoms with Gasteiger partial charge in [0.1, 0.15) is 5.60 Å². The zero-order chi connectivity index (χ0) is 10.8. The minimum Gasteiger partial charge on any atom is -0.369 e. The highest BCUT2D eigenvalue weighted by molar-refractivity contribution is 5.85. The molecule has 2 N–H and O–H groups in total. The van der Waals surface area contributed by atoms with E-state index in [0.29, 0.717) is 13.0 Å². The van der Waals surface area contributed by atoms with Gasteiger partial charge in [-0.25, -0.2) is 0 Å². The molecule has 0 aliphatic carbocycles. The predicted molar refractivity (Wildman–Crippen MR) is 54.9 cm³/mol. The number of hydrogen-bond donors (Lipinski definition) is 1. The number of carbonyl (C=O) groups excluding carboxylic acids is 1. The highest BCUT2D eigenvalue weighted by Gasteiger charge is 2.37. The largest absolute Gasteiger partial charge is 0.369 e. The van der Waals surface area contributed by atoms with Crippen molar-refractivity contribution >= 4 is 5.91 Å². The lowest BCUT2D eigenvalue weighted by atomic mass is 10.0. The van der Waals surface area contributed by atoms with Crippen molar-refractivity contribution in [1.82, 2.24) is 4.90 Å². The van der Waals surface area contributed by atoms with Crippen molar-refractivity contribution in [2.24, 2.45) is 5.73 Å². The van der Waals surface area contributed by atoms with Gasteiger partial charge in [-0.3, -0.25) is 4.79 Å². The van der Waals surface area contributed by atoms with Crippen LogP contribution in [0, 0.1) is 0 Å². The molecule has 0 radical (unpaired) electrons. The number of carbonyl (C=O) groups is 1. The average molecular weight is 200 g/mol. The number of nitrogens with two attached hydrogens (primary N) is 1. The maximum atomic E-state index is 12.0. The molecule has 0 aromatic heterocycles. The number of amides is 1. The molecule has 0 aromatic carbocycles. The van der Waals surface area contributed by atoms with Crippen LogP contribution in [0.1, 0.15) is 26.7 Å². The molecule has 0 aromatic rings. The first-order chi connectivity index (χ1) is 6.53. The van der Waals surface area contributed by atoms with E-state index >= 15 is 0 Å². The van der Waals surface area contributed by atoms with E-state index in [-0.39, 0.29) is 11.9 Å². The minimum absolute atomic E-state index is 0.0652. The van der Waals surface area contributed by atoms with Crippen molar-refractivity contribution in [2.75, 3.05) is 20.2 Å². The van der Waals surface area contributed by atoms with Crippen LogP contribution < -0.4 is 5.73 Å². The van der Waals surface area contributed by atoms with Crippen LogP contribution in [0.15, 0.2) is 0 Å². The molecule has 2 unspecified atom stereocenters. The number of rotatable bonds is 3. The van der Waals surface area contributed by atoms with Crippen molar-refractivity contribution in [3.63, 3.8) is 0 Å². The van der Waals surface area contributed by atoms with Crippen LogP contribution >= 0.6 is 0 Å². The lowest BCUT2D eigenvalue weighted by molar-refractivity contribution is -0.152. The topological polar surface area (TPSA) is 55.6 Å². The second-order valence-corrected chi connectivity index (χ2v) is 4.09. The summed E-state index contributed by atoms with van der Waals surface area (Å²) in [7, 11) is 1.58. The lowest BCUT2D eigenvalue weighted by Gasteiger charge is -2.30. The van der Waals surface area contributed by atoms with E-state index in [4.69, 9.17) is 10.5 Å². The Hall–Kier alpha value is -0.610. The first-order valence-corrected chi connectivity index (χ1v) is 5.13. The summed E-state index contributed by atoms with van der Waals surface area (Å²) < 4.78 is 5.26. The Morgan fingerprint density at radius 2 is 2.36 bits per heavy atom. The van der Waals surface area contributed by atoms with Crippen LogP contribution in [0.5, 0.6) is 0 Å². The molecule has 1 heterocycles. The second kappa shape index (κ2) is 4.28. The Kier molecular flexibility index (Phi) is 3.50. The van der Waals surface area contributed by atoms with Gasteiger partial charge in [0.05, 0.1) is 0 Å². The Labute approximate surface area is 85.4 Å². The Morgan fingerprint density at radius 3 is 2.71 bits per heavy atom. The molecule has 82 valence electrons. The molecule has 1 fully saturated rings. The van der Waals surface area contributed by atoms with Crippen molar-refractivity contribution in [1.29, 1.82) is 0 Å². The van der Waals surface area contributed by atoms with Crippen molar-refractivity contribution in [2.45, 2.75) is 38.3 Å². The number of ether oxygens (including phenoxy) is 1. The van der Waals surface area contributed by atoms with Crippen molar-refractivity contribution in [3.05, 3.63) is 0 Å². The van der Waals surface area contributed by atoms with E-state index in [0.717, 1.165) is 13.0 Å². The average Bonchev–Trinajstić information content (AvgIpc) is 2.62. The van der Waals surface area contributed by atoms with E-state index in [1.54, 1.807) is 12.0 Å². The Bertz CT molecular complexity index is 214. The van der Waals surface area contributed by atoms with Gasteiger partial charge in [0.2, 0.25) is 0 Å². The summed E-state index contributed by atoms with van der Waals surface area (Å²) in [4.78, 5) is 13.8. The highest BCUT2D eigenvalue weighted by Crippen LogP contribution is 2.20. The van der Waals surface area contributed by atoms with Crippen LogP contribution in [0.3, 0.4) is 0 Å². The highest BCUT2D eigenvalue weighted by atomic mass is 16.5. The first kappa shape index (κ1) is 11.5. The molecule has 1 saturated heterocycles. The molecule has 0 bridgehead atoms. The molecule has 2 atom stereocenters. The third kappa shape index (κ3) is 2.07. The zero-order valence-electron chi connectivity index (χ0n) is 9.25. The molecule has 0 saturated carbocycles. The fourth-order valence-electron chi connectivity index (χ4n) is 1.69. The first-order valence-electron chi connectivity index (χ1n) is 5.13.